The molecule has 2 saturated heterocycles. The first-order valence-electron chi connectivity index (χ1n) is 13.0. The van der Waals surface area contributed by atoms with Gasteiger partial charge in [-0.2, -0.15) is 0 Å². The van der Waals surface area contributed by atoms with Crippen LogP contribution in [0.2, 0.25) is 0 Å². The number of hydrogen-bond donors (Lipinski definition) is 1. The summed E-state index contributed by atoms with van der Waals surface area (Å²) in [4.78, 5) is 30.3. The van der Waals surface area contributed by atoms with Crippen LogP contribution in [0.1, 0.15) is 44.4 Å². The Labute approximate surface area is 218 Å². The standard InChI is InChI=1S/C29H36N2O6/c1-4-17-36-23-9-5-21(6-10-23)26-25(27(32)22-7-11-24(12-8-22)37-20(2)3)28(33)29(34)31(26)14-13-30-15-18-35-19-16-30/h5-12,20,26,32H,4,13-19H2,1-3H3/b27-25+/t26-/m0/s1. The minimum Gasteiger partial charge on any atom is -0.507 e. The number of carbonyl (C=O) groups is 2. The lowest BCUT2D eigenvalue weighted by atomic mass is 9.95. The summed E-state index contributed by atoms with van der Waals surface area (Å²) in [6.45, 7) is 10.4. The molecule has 2 aliphatic heterocycles. The molecule has 2 aromatic carbocycles. The third kappa shape index (κ3) is 6.32. The molecule has 0 bridgehead atoms. The monoisotopic (exact) mass is 508 g/mol. The first kappa shape index (κ1) is 26.7. The molecule has 0 radical (unpaired) electrons. The lowest BCUT2D eigenvalue weighted by Gasteiger charge is -2.31. The molecular weight excluding hydrogens is 472 g/mol. The van der Waals surface area contributed by atoms with Gasteiger partial charge in [0.25, 0.3) is 11.7 Å². The van der Waals surface area contributed by atoms with Crippen LogP contribution in [0.4, 0.5) is 0 Å². The molecule has 198 valence electrons. The second-order valence-electron chi connectivity index (χ2n) is 9.55. The first-order valence-corrected chi connectivity index (χ1v) is 13.0. The fraction of sp³-hybridized carbons (Fsp3) is 0.448. The van der Waals surface area contributed by atoms with Crippen molar-refractivity contribution in [3.05, 3.63) is 65.2 Å². The van der Waals surface area contributed by atoms with Gasteiger partial charge in [-0.15, -0.1) is 0 Å². The molecule has 2 fully saturated rings. The number of nitrogens with zero attached hydrogens (tertiary/aromatic N) is 2. The Morgan fingerprint density at radius 2 is 1.65 bits per heavy atom. The average molecular weight is 509 g/mol. The van der Waals surface area contributed by atoms with E-state index in [0.717, 1.165) is 30.8 Å². The summed E-state index contributed by atoms with van der Waals surface area (Å²) in [6.07, 6.45) is 0.908. The van der Waals surface area contributed by atoms with E-state index in [1.54, 1.807) is 29.2 Å². The van der Waals surface area contributed by atoms with Crippen molar-refractivity contribution in [2.45, 2.75) is 39.3 Å². The molecule has 0 spiro atoms. The van der Waals surface area contributed by atoms with E-state index in [2.05, 4.69) is 4.90 Å². The number of Topliss-reactive ketones (excluding diaryl/α,β-unsaturated/α-hetero) is 1. The van der Waals surface area contributed by atoms with Crippen molar-refractivity contribution in [1.29, 1.82) is 0 Å². The summed E-state index contributed by atoms with van der Waals surface area (Å²) in [5.41, 5.74) is 1.29. The van der Waals surface area contributed by atoms with Gasteiger partial charge in [-0.05, 0) is 62.2 Å². The predicted octanol–water partition coefficient (Wildman–Crippen LogP) is 4.02. The van der Waals surface area contributed by atoms with Crippen molar-refractivity contribution in [3.8, 4) is 11.5 Å². The minimum absolute atomic E-state index is 0.0144. The summed E-state index contributed by atoms with van der Waals surface area (Å²) < 4.78 is 16.8. The number of ketones is 1. The number of amides is 1. The maximum Gasteiger partial charge on any atom is 0.295 e. The van der Waals surface area contributed by atoms with Crippen LogP contribution in [0.25, 0.3) is 5.76 Å². The molecular formula is C29H36N2O6. The van der Waals surface area contributed by atoms with Crippen LogP contribution < -0.4 is 9.47 Å². The van der Waals surface area contributed by atoms with Crippen LogP contribution in [0.15, 0.2) is 54.1 Å². The largest absolute Gasteiger partial charge is 0.507 e. The van der Waals surface area contributed by atoms with Gasteiger partial charge >= 0.3 is 0 Å². The van der Waals surface area contributed by atoms with Crippen LogP contribution in [0.3, 0.4) is 0 Å². The SMILES string of the molecule is CCCOc1ccc([C@H]2/C(=C(\O)c3ccc(OC(C)C)cc3)C(=O)C(=O)N2CCN2CCOCC2)cc1. The maximum atomic E-state index is 13.3. The Bertz CT molecular complexity index is 1100. The lowest BCUT2D eigenvalue weighted by Crippen LogP contribution is -2.42. The fourth-order valence-electron chi connectivity index (χ4n) is 4.62. The van der Waals surface area contributed by atoms with E-state index >= 15 is 0 Å². The number of benzene rings is 2. The first-order chi connectivity index (χ1) is 17.9. The van der Waals surface area contributed by atoms with E-state index in [1.165, 1.54) is 0 Å². The number of hydrogen-bond acceptors (Lipinski definition) is 7. The Balaban J connectivity index is 1.68. The highest BCUT2D eigenvalue weighted by Crippen LogP contribution is 2.40. The molecule has 0 saturated carbocycles. The molecule has 37 heavy (non-hydrogen) atoms. The lowest BCUT2D eigenvalue weighted by molar-refractivity contribution is -0.140. The van der Waals surface area contributed by atoms with Crippen molar-refractivity contribution in [2.24, 2.45) is 0 Å². The van der Waals surface area contributed by atoms with Crippen molar-refractivity contribution < 1.29 is 28.9 Å². The number of carbonyl (C=O) groups excluding carboxylic acids is 2. The number of ether oxygens (including phenoxy) is 3. The van der Waals surface area contributed by atoms with E-state index < -0.39 is 17.7 Å². The molecule has 1 atom stereocenters. The zero-order valence-corrected chi connectivity index (χ0v) is 21.8. The van der Waals surface area contributed by atoms with E-state index in [9.17, 15) is 14.7 Å². The highest BCUT2D eigenvalue weighted by atomic mass is 16.5. The molecule has 1 N–H and O–H groups in total. The summed E-state index contributed by atoms with van der Waals surface area (Å²) in [5, 5.41) is 11.3. The van der Waals surface area contributed by atoms with Gasteiger partial charge in [-0.25, -0.2) is 0 Å². The molecule has 8 heteroatoms. The van der Waals surface area contributed by atoms with Gasteiger partial charge in [0.2, 0.25) is 0 Å². The van der Waals surface area contributed by atoms with Gasteiger partial charge in [-0.3, -0.25) is 14.5 Å². The molecule has 2 aliphatic rings. The van der Waals surface area contributed by atoms with Crippen LogP contribution >= 0.6 is 0 Å². The van der Waals surface area contributed by atoms with Crippen molar-refractivity contribution in [3.63, 3.8) is 0 Å². The molecule has 0 aliphatic carbocycles. The maximum absolute atomic E-state index is 13.3. The smallest absolute Gasteiger partial charge is 0.295 e. The molecule has 4 rings (SSSR count). The molecule has 2 heterocycles. The second-order valence-corrected chi connectivity index (χ2v) is 9.55. The molecule has 0 unspecified atom stereocenters. The Morgan fingerprint density at radius 3 is 2.27 bits per heavy atom. The molecule has 2 aromatic rings. The van der Waals surface area contributed by atoms with Crippen molar-refractivity contribution in [2.75, 3.05) is 46.0 Å². The fourth-order valence-corrected chi connectivity index (χ4v) is 4.62. The molecule has 1 amide bonds. The third-order valence-electron chi connectivity index (χ3n) is 6.47. The van der Waals surface area contributed by atoms with Gasteiger partial charge in [0.15, 0.2) is 0 Å². The Hall–Kier alpha value is -3.36. The van der Waals surface area contributed by atoms with Gasteiger partial charge in [0.1, 0.15) is 17.3 Å². The van der Waals surface area contributed by atoms with Gasteiger partial charge in [0, 0.05) is 31.7 Å². The van der Waals surface area contributed by atoms with Gasteiger partial charge in [-0.1, -0.05) is 19.1 Å². The van der Waals surface area contributed by atoms with Crippen LogP contribution in [-0.2, 0) is 14.3 Å². The Morgan fingerprint density at radius 1 is 1.00 bits per heavy atom. The molecule has 8 nitrogen and oxygen atoms in total. The third-order valence-corrected chi connectivity index (χ3v) is 6.47. The van der Waals surface area contributed by atoms with Gasteiger partial charge in [0.05, 0.1) is 37.5 Å². The zero-order chi connectivity index (χ0) is 26.4. The zero-order valence-electron chi connectivity index (χ0n) is 21.8. The highest BCUT2D eigenvalue weighted by Gasteiger charge is 2.46. The number of likely N-dealkylation sites (tertiary alicyclic amines) is 1. The van der Waals surface area contributed by atoms with Crippen LogP contribution in [0.5, 0.6) is 11.5 Å². The van der Waals surface area contributed by atoms with E-state index in [4.69, 9.17) is 14.2 Å². The normalized spacial score (nSPS) is 20.0. The summed E-state index contributed by atoms with van der Waals surface area (Å²) in [5.74, 6) is -0.0999. The Kier molecular flexibility index (Phi) is 8.84. The number of morpholine rings is 1. The summed E-state index contributed by atoms with van der Waals surface area (Å²) in [6, 6.07) is 13.6. The number of aliphatic hydroxyl groups excluding tert-OH is 1. The highest BCUT2D eigenvalue weighted by molar-refractivity contribution is 6.46. The van der Waals surface area contributed by atoms with E-state index in [1.807, 2.05) is 45.0 Å². The number of rotatable bonds is 10. The summed E-state index contributed by atoms with van der Waals surface area (Å²) >= 11 is 0. The van der Waals surface area contributed by atoms with Crippen molar-refractivity contribution in [1.82, 2.24) is 9.80 Å². The predicted molar refractivity (Wildman–Crippen MR) is 141 cm³/mol. The summed E-state index contributed by atoms with van der Waals surface area (Å²) in [7, 11) is 0. The van der Waals surface area contributed by atoms with Crippen LogP contribution in [0, 0.1) is 0 Å². The number of aliphatic hydroxyl groups is 1. The van der Waals surface area contributed by atoms with E-state index in [0.29, 0.717) is 44.2 Å². The topological polar surface area (TPSA) is 88.5 Å². The van der Waals surface area contributed by atoms with Gasteiger partial charge < -0.3 is 24.2 Å². The van der Waals surface area contributed by atoms with E-state index in [-0.39, 0.29) is 17.4 Å². The quantitative estimate of drug-likeness (QED) is 0.295. The van der Waals surface area contributed by atoms with Crippen molar-refractivity contribution >= 4 is 17.4 Å². The molecule has 0 aromatic heterocycles. The van der Waals surface area contributed by atoms with Crippen LogP contribution in [-0.4, -0.2) is 78.7 Å². The second kappa shape index (κ2) is 12.3. The minimum atomic E-state index is -0.701. The average Bonchev–Trinajstić information content (AvgIpc) is 3.16.